The summed E-state index contributed by atoms with van der Waals surface area (Å²) in [5.74, 6) is 0.0519. The van der Waals surface area contributed by atoms with Crippen molar-refractivity contribution >= 4 is 18.3 Å². The number of aromatic nitrogens is 2. The summed E-state index contributed by atoms with van der Waals surface area (Å²) in [6.45, 7) is 3.59. The van der Waals surface area contributed by atoms with E-state index < -0.39 is 6.04 Å². The van der Waals surface area contributed by atoms with Gasteiger partial charge in [0.1, 0.15) is 11.9 Å². The monoisotopic (exact) mass is 342 g/mol. The first kappa shape index (κ1) is 19.1. The fraction of sp³-hybridized carbons (Fsp3) is 0.400. The van der Waals surface area contributed by atoms with Gasteiger partial charge in [-0.1, -0.05) is 17.3 Å². The van der Waals surface area contributed by atoms with Gasteiger partial charge in [-0.2, -0.15) is 4.98 Å². The summed E-state index contributed by atoms with van der Waals surface area (Å²) in [6, 6.07) is 5.47. The van der Waals surface area contributed by atoms with Gasteiger partial charge in [0.25, 0.3) is 0 Å². The van der Waals surface area contributed by atoms with E-state index >= 15 is 0 Å². The summed E-state index contributed by atoms with van der Waals surface area (Å²) in [5.41, 5.74) is 6.13. The fourth-order valence-corrected chi connectivity index (χ4v) is 1.89. The van der Waals surface area contributed by atoms with Gasteiger partial charge in [-0.05, 0) is 32.4 Å². The molecular formula is C15H20ClFN4O2. The normalized spacial score (nSPS) is 13.0. The summed E-state index contributed by atoms with van der Waals surface area (Å²) in [4.78, 5) is 15.9. The molecule has 2 atom stereocenters. The zero-order chi connectivity index (χ0) is 16.1. The first-order valence-corrected chi connectivity index (χ1v) is 7.10. The molecule has 1 heterocycles. The number of hydrogen-bond acceptors (Lipinski definition) is 5. The summed E-state index contributed by atoms with van der Waals surface area (Å²) in [7, 11) is 0. The van der Waals surface area contributed by atoms with Crippen LogP contribution in [0.4, 0.5) is 4.39 Å². The van der Waals surface area contributed by atoms with E-state index in [1.807, 2.05) is 6.92 Å². The van der Waals surface area contributed by atoms with Crippen molar-refractivity contribution in [3.8, 4) is 11.4 Å². The highest BCUT2D eigenvalue weighted by atomic mass is 35.5. The van der Waals surface area contributed by atoms with Gasteiger partial charge in [-0.25, -0.2) is 4.39 Å². The van der Waals surface area contributed by atoms with Crippen LogP contribution in [0.2, 0.25) is 0 Å². The van der Waals surface area contributed by atoms with Crippen LogP contribution < -0.4 is 11.1 Å². The molecule has 0 radical (unpaired) electrons. The van der Waals surface area contributed by atoms with E-state index in [0.717, 1.165) is 0 Å². The zero-order valence-electron chi connectivity index (χ0n) is 13.0. The SMILES string of the molecule is CC(N)CCC(=O)NC(C)c1nc(-c2cccc(F)c2)no1.Cl. The summed E-state index contributed by atoms with van der Waals surface area (Å²) < 4.78 is 18.3. The van der Waals surface area contributed by atoms with E-state index in [0.29, 0.717) is 18.4 Å². The Kier molecular flexibility index (Phi) is 7.12. The van der Waals surface area contributed by atoms with Gasteiger partial charge in [-0.3, -0.25) is 4.79 Å². The van der Waals surface area contributed by atoms with Crippen molar-refractivity contribution in [3.05, 3.63) is 36.0 Å². The molecule has 0 saturated carbocycles. The molecule has 0 spiro atoms. The van der Waals surface area contributed by atoms with Crippen molar-refractivity contribution in [2.24, 2.45) is 5.73 Å². The average Bonchev–Trinajstić information content (AvgIpc) is 2.95. The van der Waals surface area contributed by atoms with Crippen molar-refractivity contribution in [2.75, 3.05) is 0 Å². The van der Waals surface area contributed by atoms with Crippen LogP contribution >= 0.6 is 12.4 Å². The van der Waals surface area contributed by atoms with E-state index in [1.165, 1.54) is 12.1 Å². The minimum atomic E-state index is -0.421. The molecule has 3 N–H and O–H groups in total. The molecule has 1 amide bonds. The Bertz CT molecular complexity index is 648. The number of benzene rings is 1. The smallest absolute Gasteiger partial charge is 0.249 e. The van der Waals surface area contributed by atoms with Gasteiger partial charge >= 0.3 is 0 Å². The number of nitrogens with zero attached hydrogens (tertiary/aromatic N) is 2. The van der Waals surface area contributed by atoms with E-state index in [4.69, 9.17) is 10.3 Å². The number of nitrogens with two attached hydrogens (primary N) is 1. The molecule has 0 fully saturated rings. The lowest BCUT2D eigenvalue weighted by Gasteiger charge is -2.10. The first-order valence-electron chi connectivity index (χ1n) is 7.10. The number of amides is 1. The molecule has 6 nitrogen and oxygen atoms in total. The van der Waals surface area contributed by atoms with Gasteiger partial charge in [0.05, 0.1) is 0 Å². The van der Waals surface area contributed by atoms with Crippen LogP contribution in [0.15, 0.2) is 28.8 Å². The third-order valence-electron chi connectivity index (χ3n) is 3.10. The summed E-state index contributed by atoms with van der Waals surface area (Å²) in [5, 5.41) is 6.57. The molecule has 8 heteroatoms. The highest BCUT2D eigenvalue weighted by Crippen LogP contribution is 2.19. The highest BCUT2D eigenvalue weighted by Gasteiger charge is 2.17. The van der Waals surface area contributed by atoms with Crippen LogP contribution in [0.3, 0.4) is 0 Å². The number of halogens is 2. The lowest BCUT2D eigenvalue weighted by Crippen LogP contribution is -2.28. The maximum atomic E-state index is 13.2. The van der Waals surface area contributed by atoms with Gasteiger partial charge in [0.2, 0.25) is 17.6 Å². The predicted molar refractivity (Wildman–Crippen MR) is 86.4 cm³/mol. The second-order valence-corrected chi connectivity index (χ2v) is 5.27. The van der Waals surface area contributed by atoms with E-state index in [1.54, 1.807) is 19.1 Å². The van der Waals surface area contributed by atoms with Gasteiger partial charge < -0.3 is 15.6 Å². The van der Waals surface area contributed by atoms with E-state index in [9.17, 15) is 9.18 Å². The van der Waals surface area contributed by atoms with Crippen LogP contribution in [0.5, 0.6) is 0 Å². The average molecular weight is 343 g/mol. The van der Waals surface area contributed by atoms with Crippen LogP contribution in [0.1, 0.15) is 38.6 Å². The summed E-state index contributed by atoms with van der Waals surface area (Å²) in [6.07, 6.45) is 0.948. The van der Waals surface area contributed by atoms with Gasteiger partial charge in [0.15, 0.2) is 0 Å². The second kappa shape index (κ2) is 8.59. The second-order valence-electron chi connectivity index (χ2n) is 5.27. The lowest BCUT2D eigenvalue weighted by molar-refractivity contribution is -0.122. The van der Waals surface area contributed by atoms with Crippen LogP contribution in [0, 0.1) is 5.82 Å². The number of carbonyl (C=O) groups is 1. The molecule has 0 saturated heterocycles. The molecular weight excluding hydrogens is 323 g/mol. The minimum absolute atomic E-state index is 0. The Labute approximate surface area is 140 Å². The highest BCUT2D eigenvalue weighted by molar-refractivity contribution is 5.85. The number of hydrogen-bond donors (Lipinski definition) is 2. The van der Waals surface area contributed by atoms with E-state index in [2.05, 4.69) is 15.5 Å². The zero-order valence-corrected chi connectivity index (χ0v) is 13.8. The summed E-state index contributed by atoms with van der Waals surface area (Å²) >= 11 is 0. The van der Waals surface area contributed by atoms with Gasteiger partial charge in [0, 0.05) is 18.0 Å². The molecule has 2 aromatic rings. The third-order valence-corrected chi connectivity index (χ3v) is 3.10. The maximum Gasteiger partial charge on any atom is 0.249 e. The Balaban J connectivity index is 0.00000264. The Morgan fingerprint density at radius 1 is 1.43 bits per heavy atom. The molecule has 1 aromatic carbocycles. The molecule has 1 aromatic heterocycles. The van der Waals surface area contributed by atoms with E-state index in [-0.39, 0.29) is 41.9 Å². The van der Waals surface area contributed by atoms with Gasteiger partial charge in [-0.15, -0.1) is 12.4 Å². The molecule has 0 bridgehead atoms. The molecule has 0 aliphatic rings. The van der Waals surface area contributed by atoms with Crippen molar-refractivity contribution in [1.82, 2.24) is 15.5 Å². The largest absolute Gasteiger partial charge is 0.345 e. The topological polar surface area (TPSA) is 94.0 Å². The van der Waals surface area contributed by atoms with Crippen molar-refractivity contribution in [3.63, 3.8) is 0 Å². The van der Waals surface area contributed by atoms with Crippen LogP contribution in [0.25, 0.3) is 11.4 Å². The third kappa shape index (κ3) is 5.61. The quantitative estimate of drug-likeness (QED) is 0.841. The van der Waals surface area contributed by atoms with Crippen molar-refractivity contribution in [1.29, 1.82) is 0 Å². The number of carbonyl (C=O) groups excluding carboxylic acids is 1. The maximum absolute atomic E-state index is 13.2. The molecule has 2 unspecified atom stereocenters. The van der Waals surface area contributed by atoms with Crippen molar-refractivity contribution < 1.29 is 13.7 Å². The van der Waals surface area contributed by atoms with Crippen LogP contribution in [-0.4, -0.2) is 22.1 Å². The van der Waals surface area contributed by atoms with Crippen LogP contribution in [-0.2, 0) is 4.79 Å². The molecule has 0 aliphatic heterocycles. The predicted octanol–water partition coefficient (Wildman–Crippen LogP) is 2.60. The molecule has 126 valence electrons. The lowest BCUT2D eigenvalue weighted by atomic mass is 10.2. The fourth-order valence-electron chi connectivity index (χ4n) is 1.89. The minimum Gasteiger partial charge on any atom is -0.345 e. The Morgan fingerprint density at radius 2 is 2.17 bits per heavy atom. The Morgan fingerprint density at radius 3 is 2.83 bits per heavy atom. The molecule has 0 aliphatic carbocycles. The standard InChI is InChI=1S/C15H19FN4O2.ClH/c1-9(17)6-7-13(21)18-10(2)15-19-14(20-22-15)11-4-3-5-12(16)8-11;/h3-5,8-10H,6-7,17H2,1-2H3,(H,18,21);1H. The molecule has 23 heavy (non-hydrogen) atoms. The number of rotatable bonds is 6. The number of nitrogens with one attached hydrogen (secondary N) is 1. The molecule has 2 rings (SSSR count). The Hall–Kier alpha value is -1.99. The van der Waals surface area contributed by atoms with Crippen molar-refractivity contribution in [2.45, 2.75) is 38.8 Å². The first-order chi connectivity index (χ1) is 10.5.